The predicted molar refractivity (Wildman–Crippen MR) is 107 cm³/mol. The molecular weight excluding hydrogens is 376 g/mol. The largest absolute Gasteiger partial charge is 0.493 e. The lowest BCUT2D eigenvalue weighted by molar-refractivity contribution is 0.0790. The van der Waals surface area contributed by atoms with Crippen molar-refractivity contribution in [3.05, 3.63) is 76.8 Å². The predicted octanol–water partition coefficient (Wildman–Crippen LogP) is 3.71. The smallest absolute Gasteiger partial charge is 0.253 e. The van der Waals surface area contributed by atoms with Crippen LogP contribution in [0.1, 0.15) is 34.1 Å². The van der Waals surface area contributed by atoms with Crippen LogP contribution in [0.3, 0.4) is 0 Å². The highest BCUT2D eigenvalue weighted by atomic mass is 35.5. The molecule has 1 aliphatic rings. The highest BCUT2D eigenvalue weighted by molar-refractivity contribution is 6.30. The fourth-order valence-corrected chi connectivity index (χ4v) is 3.60. The Morgan fingerprint density at radius 3 is 2.93 bits per heavy atom. The van der Waals surface area contributed by atoms with Crippen molar-refractivity contribution in [2.24, 2.45) is 0 Å². The maximum absolute atomic E-state index is 12.6. The van der Waals surface area contributed by atoms with Gasteiger partial charge in [0.1, 0.15) is 5.75 Å². The van der Waals surface area contributed by atoms with E-state index in [4.69, 9.17) is 16.3 Å². The summed E-state index contributed by atoms with van der Waals surface area (Å²) in [5.74, 6) is 1.06. The molecule has 144 valence electrons. The van der Waals surface area contributed by atoms with Crippen LogP contribution < -0.4 is 4.74 Å². The number of ether oxygens (including phenoxy) is 1. The Morgan fingerprint density at radius 1 is 1.25 bits per heavy atom. The molecule has 6 nitrogen and oxygen atoms in total. The topological polar surface area (TPSA) is 71.1 Å². The first-order chi connectivity index (χ1) is 13.7. The van der Waals surface area contributed by atoms with Gasteiger partial charge in [-0.25, -0.2) is 0 Å². The zero-order valence-corrected chi connectivity index (χ0v) is 16.1. The monoisotopic (exact) mass is 396 g/mol. The van der Waals surface area contributed by atoms with Crippen LogP contribution in [0.25, 0.3) is 0 Å². The summed E-state index contributed by atoms with van der Waals surface area (Å²) in [6, 6.07) is 13.0. The van der Waals surface area contributed by atoms with E-state index in [9.17, 15) is 4.79 Å². The second-order valence-corrected chi connectivity index (χ2v) is 7.28. The van der Waals surface area contributed by atoms with Gasteiger partial charge in [-0.1, -0.05) is 17.7 Å². The van der Waals surface area contributed by atoms with Gasteiger partial charge in [0.05, 0.1) is 12.3 Å². The average Bonchev–Trinajstić information content (AvgIpc) is 3.38. The van der Waals surface area contributed by atoms with Crippen molar-refractivity contribution in [1.82, 2.24) is 20.1 Å². The summed E-state index contributed by atoms with van der Waals surface area (Å²) in [4.78, 5) is 18.4. The molecule has 0 bridgehead atoms. The molecule has 0 aliphatic carbocycles. The molecule has 28 heavy (non-hydrogen) atoms. The number of carbonyl (C=O) groups excluding carboxylic acids is 1. The molecule has 1 N–H and O–H groups in total. The molecule has 7 heteroatoms. The van der Waals surface area contributed by atoms with Crippen LogP contribution in [0, 0.1) is 0 Å². The number of amides is 1. The van der Waals surface area contributed by atoms with Crippen LogP contribution in [0.15, 0.2) is 54.9 Å². The molecule has 0 saturated carbocycles. The van der Waals surface area contributed by atoms with Gasteiger partial charge in [0, 0.05) is 54.1 Å². The van der Waals surface area contributed by atoms with E-state index in [1.54, 1.807) is 30.6 Å². The van der Waals surface area contributed by atoms with E-state index in [0.29, 0.717) is 23.7 Å². The van der Waals surface area contributed by atoms with Gasteiger partial charge < -0.3 is 9.64 Å². The van der Waals surface area contributed by atoms with E-state index in [1.807, 2.05) is 23.1 Å². The fraction of sp³-hybridized carbons (Fsp3) is 0.286. The van der Waals surface area contributed by atoms with Crippen LogP contribution in [0.2, 0.25) is 5.02 Å². The molecule has 0 radical (unpaired) electrons. The van der Waals surface area contributed by atoms with Crippen molar-refractivity contribution in [3.8, 4) is 5.75 Å². The van der Waals surface area contributed by atoms with E-state index in [2.05, 4.69) is 21.2 Å². The Morgan fingerprint density at radius 2 is 2.11 bits per heavy atom. The van der Waals surface area contributed by atoms with Crippen LogP contribution in [0.4, 0.5) is 0 Å². The Labute approximate surface area is 168 Å². The number of hydrogen-bond donors (Lipinski definition) is 1. The number of hydrogen-bond acceptors (Lipinski definition) is 4. The lowest BCUT2D eigenvalue weighted by Crippen LogP contribution is -2.28. The number of halogens is 1. The van der Waals surface area contributed by atoms with Crippen LogP contribution >= 0.6 is 11.6 Å². The SMILES string of the molecule is O=C(c1ccncc1)N1CCC(c2cc(CCOc3cccc(Cl)c3)[nH]n2)C1. The Kier molecular flexibility index (Phi) is 5.58. The van der Waals surface area contributed by atoms with Crippen LogP contribution in [0.5, 0.6) is 5.75 Å². The van der Waals surface area contributed by atoms with E-state index < -0.39 is 0 Å². The molecule has 1 aromatic carbocycles. The van der Waals surface area contributed by atoms with Gasteiger partial charge in [0.25, 0.3) is 5.91 Å². The number of rotatable bonds is 6. The Bertz CT molecular complexity index is 944. The molecule has 0 spiro atoms. The average molecular weight is 397 g/mol. The maximum Gasteiger partial charge on any atom is 0.253 e. The minimum absolute atomic E-state index is 0.0515. The van der Waals surface area contributed by atoms with Gasteiger partial charge in [-0.15, -0.1) is 0 Å². The first-order valence-electron chi connectivity index (χ1n) is 9.31. The summed E-state index contributed by atoms with van der Waals surface area (Å²) in [5.41, 5.74) is 2.70. The summed E-state index contributed by atoms with van der Waals surface area (Å²) in [5, 5.41) is 8.20. The van der Waals surface area contributed by atoms with Crippen molar-refractivity contribution in [2.75, 3.05) is 19.7 Å². The van der Waals surface area contributed by atoms with Crippen molar-refractivity contribution in [3.63, 3.8) is 0 Å². The van der Waals surface area contributed by atoms with E-state index in [1.165, 1.54) is 0 Å². The summed E-state index contributed by atoms with van der Waals surface area (Å²) in [6.45, 7) is 1.97. The van der Waals surface area contributed by atoms with Gasteiger partial charge in [0.15, 0.2) is 0 Å². The van der Waals surface area contributed by atoms with Gasteiger partial charge in [-0.05, 0) is 42.8 Å². The molecule has 4 rings (SSSR count). The quantitative estimate of drug-likeness (QED) is 0.689. The van der Waals surface area contributed by atoms with Crippen LogP contribution in [-0.2, 0) is 6.42 Å². The Hall–Kier alpha value is -2.86. The minimum Gasteiger partial charge on any atom is -0.493 e. The molecule has 1 amide bonds. The summed E-state index contributed by atoms with van der Waals surface area (Å²) < 4.78 is 5.73. The lowest BCUT2D eigenvalue weighted by Gasteiger charge is -2.15. The molecular formula is C21H21ClN4O2. The van der Waals surface area contributed by atoms with Gasteiger partial charge in [0.2, 0.25) is 0 Å². The Balaban J connectivity index is 1.30. The van der Waals surface area contributed by atoms with Crippen molar-refractivity contribution < 1.29 is 9.53 Å². The second-order valence-electron chi connectivity index (χ2n) is 6.85. The maximum atomic E-state index is 12.6. The third-order valence-corrected chi connectivity index (χ3v) is 5.14. The molecule has 1 unspecified atom stereocenters. The third-order valence-electron chi connectivity index (χ3n) is 4.91. The normalized spacial score (nSPS) is 16.3. The zero-order chi connectivity index (χ0) is 19.3. The number of H-pyrrole nitrogens is 1. The zero-order valence-electron chi connectivity index (χ0n) is 15.3. The number of pyridine rings is 1. The highest BCUT2D eigenvalue weighted by Gasteiger charge is 2.29. The number of nitrogens with zero attached hydrogens (tertiary/aromatic N) is 3. The molecule has 1 aliphatic heterocycles. The summed E-state index contributed by atoms with van der Waals surface area (Å²) in [7, 11) is 0. The molecule has 3 aromatic rings. The van der Waals surface area contributed by atoms with E-state index in [0.717, 1.165) is 36.5 Å². The number of carbonyl (C=O) groups is 1. The van der Waals surface area contributed by atoms with Gasteiger partial charge >= 0.3 is 0 Å². The van der Waals surface area contributed by atoms with E-state index in [-0.39, 0.29) is 11.8 Å². The second kappa shape index (κ2) is 8.44. The number of aromatic amines is 1. The van der Waals surface area contributed by atoms with Gasteiger partial charge in [-0.2, -0.15) is 5.10 Å². The molecule has 2 aromatic heterocycles. The fourth-order valence-electron chi connectivity index (χ4n) is 3.42. The highest BCUT2D eigenvalue weighted by Crippen LogP contribution is 2.27. The molecule has 1 saturated heterocycles. The van der Waals surface area contributed by atoms with Crippen molar-refractivity contribution in [1.29, 1.82) is 0 Å². The number of likely N-dealkylation sites (tertiary alicyclic amines) is 1. The third kappa shape index (κ3) is 4.34. The number of nitrogens with one attached hydrogen (secondary N) is 1. The molecule has 3 heterocycles. The van der Waals surface area contributed by atoms with Gasteiger partial charge in [-0.3, -0.25) is 14.9 Å². The van der Waals surface area contributed by atoms with Crippen molar-refractivity contribution >= 4 is 17.5 Å². The molecule has 1 fully saturated rings. The van der Waals surface area contributed by atoms with E-state index >= 15 is 0 Å². The minimum atomic E-state index is 0.0515. The summed E-state index contributed by atoms with van der Waals surface area (Å²) >= 11 is 5.96. The lowest BCUT2D eigenvalue weighted by atomic mass is 10.0. The first-order valence-corrected chi connectivity index (χ1v) is 9.69. The number of benzene rings is 1. The molecule has 1 atom stereocenters. The number of aromatic nitrogens is 3. The first kappa shape index (κ1) is 18.5. The van der Waals surface area contributed by atoms with Crippen molar-refractivity contribution in [2.45, 2.75) is 18.8 Å². The summed E-state index contributed by atoms with van der Waals surface area (Å²) in [6.07, 6.45) is 4.94. The standard InChI is InChI=1S/C21H21ClN4O2/c22-17-2-1-3-19(12-17)28-11-7-18-13-20(25-24-18)16-6-10-26(14-16)21(27)15-4-8-23-9-5-15/h1-5,8-9,12-13,16H,6-7,10-11,14H2,(H,24,25). The van der Waals surface area contributed by atoms with Crippen LogP contribution in [-0.4, -0.2) is 45.7 Å².